The summed E-state index contributed by atoms with van der Waals surface area (Å²) in [6, 6.07) is 3.63. The van der Waals surface area contributed by atoms with Gasteiger partial charge in [0.25, 0.3) is 5.91 Å². The first-order valence-electron chi connectivity index (χ1n) is 4.45. The molecule has 1 unspecified atom stereocenters. The Morgan fingerprint density at radius 1 is 1.79 bits per heavy atom. The van der Waals surface area contributed by atoms with Crippen molar-refractivity contribution in [1.29, 1.82) is 0 Å². The molecule has 1 N–H and O–H groups in total. The van der Waals surface area contributed by atoms with Gasteiger partial charge in [-0.15, -0.1) is 17.8 Å². The van der Waals surface area contributed by atoms with E-state index in [-0.39, 0.29) is 5.91 Å². The number of rotatable bonds is 3. The van der Waals surface area contributed by atoms with Crippen molar-refractivity contribution in [3.63, 3.8) is 0 Å². The lowest BCUT2D eigenvalue weighted by atomic mass is 10.0. The molecule has 0 bridgehead atoms. The van der Waals surface area contributed by atoms with Gasteiger partial charge in [-0.05, 0) is 24.8 Å². The zero-order valence-electron chi connectivity index (χ0n) is 8.33. The molecule has 0 fully saturated rings. The molecular weight excluding hydrogens is 194 g/mol. The lowest BCUT2D eigenvalue weighted by Gasteiger charge is -2.22. The van der Waals surface area contributed by atoms with Crippen LogP contribution >= 0.6 is 11.3 Å². The second-order valence-corrected chi connectivity index (χ2v) is 4.21. The third kappa shape index (κ3) is 2.36. The van der Waals surface area contributed by atoms with E-state index in [1.165, 1.54) is 11.3 Å². The third-order valence-corrected chi connectivity index (χ3v) is 3.03. The molecule has 14 heavy (non-hydrogen) atoms. The highest BCUT2D eigenvalue weighted by molar-refractivity contribution is 7.12. The van der Waals surface area contributed by atoms with E-state index in [0.29, 0.717) is 4.88 Å². The van der Waals surface area contributed by atoms with Crippen LogP contribution in [-0.4, -0.2) is 11.4 Å². The van der Waals surface area contributed by atoms with Crippen LogP contribution in [0.3, 0.4) is 0 Å². The van der Waals surface area contributed by atoms with E-state index in [9.17, 15) is 4.79 Å². The fraction of sp³-hybridized carbons (Fsp3) is 0.364. The zero-order valence-corrected chi connectivity index (χ0v) is 9.15. The average Bonchev–Trinajstić information content (AvgIpc) is 2.70. The summed E-state index contributed by atoms with van der Waals surface area (Å²) in [5.41, 5.74) is -0.541. The van der Waals surface area contributed by atoms with Crippen LogP contribution in [0.5, 0.6) is 0 Å². The predicted molar refractivity (Wildman–Crippen MR) is 59.3 cm³/mol. The van der Waals surface area contributed by atoms with Gasteiger partial charge in [-0.25, -0.2) is 0 Å². The van der Waals surface area contributed by atoms with Crippen molar-refractivity contribution in [2.45, 2.75) is 25.8 Å². The molecule has 0 aliphatic carbocycles. The molecule has 0 spiro atoms. The Morgan fingerprint density at radius 3 is 2.93 bits per heavy atom. The Balaban J connectivity index is 2.71. The van der Waals surface area contributed by atoms with Gasteiger partial charge in [0.2, 0.25) is 0 Å². The molecule has 0 saturated heterocycles. The van der Waals surface area contributed by atoms with Gasteiger partial charge in [0.1, 0.15) is 0 Å². The first-order valence-corrected chi connectivity index (χ1v) is 5.33. The Bertz CT molecular complexity index is 350. The molecule has 1 amide bonds. The molecule has 1 atom stereocenters. The van der Waals surface area contributed by atoms with Gasteiger partial charge in [0.05, 0.1) is 10.4 Å². The summed E-state index contributed by atoms with van der Waals surface area (Å²) >= 11 is 1.41. The minimum Gasteiger partial charge on any atom is -0.335 e. The first kappa shape index (κ1) is 10.8. The van der Waals surface area contributed by atoms with Gasteiger partial charge >= 0.3 is 0 Å². The lowest BCUT2D eigenvalue weighted by molar-refractivity contribution is 0.0928. The van der Waals surface area contributed by atoms with Crippen molar-refractivity contribution < 1.29 is 4.79 Å². The van der Waals surface area contributed by atoms with E-state index in [0.717, 1.165) is 6.42 Å². The van der Waals surface area contributed by atoms with Gasteiger partial charge < -0.3 is 5.32 Å². The molecule has 1 heterocycles. The van der Waals surface area contributed by atoms with Gasteiger partial charge in [0.15, 0.2) is 0 Å². The minimum absolute atomic E-state index is 0.0951. The lowest BCUT2D eigenvalue weighted by Crippen LogP contribution is -2.43. The molecule has 0 radical (unpaired) electrons. The number of hydrogen-bond acceptors (Lipinski definition) is 2. The van der Waals surface area contributed by atoms with Crippen molar-refractivity contribution in [3.8, 4) is 12.3 Å². The quantitative estimate of drug-likeness (QED) is 0.757. The first-order chi connectivity index (χ1) is 6.61. The average molecular weight is 207 g/mol. The molecule has 1 rings (SSSR count). The van der Waals surface area contributed by atoms with Crippen molar-refractivity contribution in [1.82, 2.24) is 5.32 Å². The van der Waals surface area contributed by atoms with E-state index in [2.05, 4.69) is 11.2 Å². The Hall–Kier alpha value is -1.27. The fourth-order valence-corrected chi connectivity index (χ4v) is 1.57. The molecule has 1 aromatic rings. The van der Waals surface area contributed by atoms with Crippen LogP contribution in [0, 0.1) is 12.3 Å². The topological polar surface area (TPSA) is 29.1 Å². The summed E-state index contributed by atoms with van der Waals surface area (Å²) in [7, 11) is 0. The maximum Gasteiger partial charge on any atom is 0.262 e. The van der Waals surface area contributed by atoms with Crippen molar-refractivity contribution in [2.75, 3.05) is 0 Å². The van der Waals surface area contributed by atoms with Crippen molar-refractivity contribution in [3.05, 3.63) is 22.4 Å². The van der Waals surface area contributed by atoms with Crippen LogP contribution in [0.4, 0.5) is 0 Å². The second-order valence-electron chi connectivity index (χ2n) is 3.26. The second kappa shape index (κ2) is 4.30. The highest BCUT2D eigenvalue weighted by Crippen LogP contribution is 2.12. The van der Waals surface area contributed by atoms with Crippen LogP contribution in [0.15, 0.2) is 17.5 Å². The van der Waals surface area contributed by atoms with Gasteiger partial charge in [-0.3, -0.25) is 4.79 Å². The van der Waals surface area contributed by atoms with Crippen LogP contribution in [-0.2, 0) is 0 Å². The monoisotopic (exact) mass is 207 g/mol. The van der Waals surface area contributed by atoms with Crippen molar-refractivity contribution in [2.24, 2.45) is 0 Å². The van der Waals surface area contributed by atoms with Crippen LogP contribution < -0.4 is 5.32 Å². The molecule has 74 valence electrons. The van der Waals surface area contributed by atoms with E-state index in [1.54, 1.807) is 6.07 Å². The van der Waals surface area contributed by atoms with E-state index in [1.807, 2.05) is 25.3 Å². The summed E-state index contributed by atoms with van der Waals surface area (Å²) < 4.78 is 0. The standard InChI is InChI=1S/C11H13NOS/c1-4-11(3,5-2)12-10(13)9-7-6-8-14-9/h1,6-8H,5H2,2-3H3,(H,12,13). The van der Waals surface area contributed by atoms with E-state index >= 15 is 0 Å². The minimum atomic E-state index is -0.541. The Morgan fingerprint density at radius 2 is 2.50 bits per heavy atom. The number of amides is 1. The van der Waals surface area contributed by atoms with Gasteiger partial charge in [-0.2, -0.15) is 0 Å². The molecule has 2 nitrogen and oxygen atoms in total. The van der Waals surface area contributed by atoms with E-state index < -0.39 is 5.54 Å². The Labute approximate surface area is 88.3 Å². The number of carbonyl (C=O) groups is 1. The van der Waals surface area contributed by atoms with Crippen LogP contribution in [0.25, 0.3) is 0 Å². The highest BCUT2D eigenvalue weighted by Gasteiger charge is 2.21. The number of terminal acetylenes is 1. The number of hydrogen-bond donors (Lipinski definition) is 1. The molecule has 0 saturated carbocycles. The SMILES string of the molecule is C#CC(C)(CC)NC(=O)c1cccs1. The number of nitrogens with one attached hydrogen (secondary N) is 1. The zero-order chi connectivity index (χ0) is 10.6. The normalized spacial score (nSPS) is 14.1. The van der Waals surface area contributed by atoms with Crippen LogP contribution in [0.2, 0.25) is 0 Å². The molecule has 1 aromatic heterocycles. The predicted octanol–water partition coefficient (Wildman–Crippen LogP) is 2.28. The van der Waals surface area contributed by atoms with E-state index in [4.69, 9.17) is 6.42 Å². The summed E-state index contributed by atoms with van der Waals surface area (Å²) in [4.78, 5) is 12.3. The summed E-state index contributed by atoms with van der Waals surface area (Å²) in [5.74, 6) is 2.50. The van der Waals surface area contributed by atoms with Gasteiger partial charge in [0, 0.05) is 0 Å². The number of carbonyl (C=O) groups excluding carboxylic acids is 1. The molecule has 0 aliphatic heterocycles. The summed E-state index contributed by atoms with van der Waals surface area (Å²) in [6.07, 6.45) is 6.08. The number of thiophene rings is 1. The summed E-state index contributed by atoms with van der Waals surface area (Å²) in [6.45, 7) is 3.80. The highest BCUT2D eigenvalue weighted by atomic mass is 32.1. The third-order valence-electron chi connectivity index (χ3n) is 2.16. The largest absolute Gasteiger partial charge is 0.335 e. The fourth-order valence-electron chi connectivity index (χ4n) is 0.946. The van der Waals surface area contributed by atoms with Gasteiger partial charge in [-0.1, -0.05) is 18.9 Å². The van der Waals surface area contributed by atoms with Crippen molar-refractivity contribution >= 4 is 17.2 Å². The molecule has 3 heteroatoms. The molecule has 0 aliphatic rings. The smallest absolute Gasteiger partial charge is 0.262 e. The molecular formula is C11H13NOS. The maximum atomic E-state index is 11.6. The maximum absolute atomic E-state index is 11.6. The Kier molecular flexibility index (Phi) is 3.32. The summed E-state index contributed by atoms with van der Waals surface area (Å²) in [5, 5.41) is 4.70. The molecule has 0 aromatic carbocycles. The van der Waals surface area contributed by atoms with Crippen LogP contribution in [0.1, 0.15) is 29.9 Å².